The Kier molecular flexibility index (Phi) is 5.82. The lowest BCUT2D eigenvalue weighted by atomic mass is 10.0. The highest BCUT2D eigenvalue weighted by atomic mass is 16.5. The summed E-state index contributed by atoms with van der Waals surface area (Å²) < 4.78 is 5.65. The number of aromatic nitrogens is 2. The standard InChI is InChI=1S/C19H24N4O2/c1-15-4-6-17(7-5-15)25-14-10-19(24)23-12-8-16(9-13-23)21-18-3-2-11-20-22-18/h2-7,11,16H,8-10,12-14H2,1H3,(H,21,22). The minimum absolute atomic E-state index is 0.157. The number of rotatable bonds is 6. The maximum absolute atomic E-state index is 12.3. The molecule has 1 fully saturated rings. The van der Waals surface area contributed by atoms with Crippen LogP contribution >= 0.6 is 0 Å². The first-order valence-corrected chi connectivity index (χ1v) is 8.72. The van der Waals surface area contributed by atoms with E-state index in [0.717, 1.165) is 37.5 Å². The first-order valence-electron chi connectivity index (χ1n) is 8.72. The topological polar surface area (TPSA) is 67.3 Å². The van der Waals surface area contributed by atoms with E-state index in [0.29, 0.717) is 19.1 Å². The van der Waals surface area contributed by atoms with E-state index >= 15 is 0 Å². The van der Waals surface area contributed by atoms with Crippen LogP contribution in [0, 0.1) is 6.92 Å². The van der Waals surface area contributed by atoms with E-state index in [1.54, 1.807) is 6.20 Å². The molecule has 1 aliphatic heterocycles. The fourth-order valence-electron chi connectivity index (χ4n) is 2.91. The smallest absolute Gasteiger partial charge is 0.225 e. The van der Waals surface area contributed by atoms with Gasteiger partial charge in [0.15, 0.2) is 0 Å². The Hall–Kier alpha value is -2.63. The van der Waals surface area contributed by atoms with Gasteiger partial charge >= 0.3 is 0 Å². The number of nitrogens with zero attached hydrogens (tertiary/aromatic N) is 3. The Morgan fingerprint density at radius 2 is 2.00 bits per heavy atom. The average Bonchev–Trinajstić information content (AvgIpc) is 2.65. The van der Waals surface area contributed by atoms with Crippen molar-refractivity contribution >= 4 is 11.7 Å². The predicted molar refractivity (Wildman–Crippen MR) is 96.5 cm³/mol. The van der Waals surface area contributed by atoms with Crippen LogP contribution in [0.3, 0.4) is 0 Å². The molecular weight excluding hydrogens is 316 g/mol. The van der Waals surface area contributed by atoms with Crippen molar-refractivity contribution in [1.29, 1.82) is 0 Å². The molecule has 0 bridgehead atoms. The summed E-state index contributed by atoms with van der Waals surface area (Å²) in [6.07, 6.45) is 3.91. The van der Waals surface area contributed by atoms with E-state index in [2.05, 4.69) is 15.5 Å². The third kappa shape index (κ3) is 5.17. The monoisotopic (exact) mass is 340 g/mol. The molecule has 0 aliphatic carbocycles. The van der Waals surface area contributed by atoms with Gasteiger partial charge in [0, 0.05) is 25.3 Å². The molecular formula is C19H24N4O2. The SMILES string of the molecule is Cc1ccc(OCCC(=O)N2CCC(Nc3cccnn3)CC2)cc1. The molecule has 0 radical (unpaired) electrons. The van der Waals surface area contributed by atoms with Gasteiger partial charge in [0.05, 0.1) is 13.0 Å². The van der Waals surface area contributed by atoms with Crippen LogP contribution < -0.4 is 10.1 Å². The first kappa shape index (κ1) is 17.2. The Balaban J connectivity index is 1.37. The summed E-state index contributed by atoms with van der Waals surface area (Å²) in [6.45, 7) is 3.98. The van der Waals surface area contributed by atoms with Gasteiger partial charge in [0.1, 0.15) is 11.6 Å². The molecule has 1 aromatic heterocycles. The number of carbonyl (C=O) groups is 1. The van der Waals surface area contributed by atoms with Crippen molar-refractivity contribution in [3.05, 3.63) is 48.2 Å². The van der Waals surface area contributed by atoms with Gasteiger partial charge in [-0.15, -0.1) is 5.10 Å². The van der Waals surface area contributed by atoms with Gasteiger partial charge in [-0.2, -0.15) is 5.10 Å². The molecule has 132 valence electrons. The summed E-state index contributed by atoms with van der Waals surface area (Å²) in [7, 11) is 0. The number of nitrogens with one attached hydrogen (secondary N) is 1. The lowest BCUT2D eigenvalue weighted by Crippen LogP contribution is -2.42. The lowest BCUT2D eigenvalue weighted by molar-refractivity contribution is -0.132. The third-order valence-electron chi connectivity index (χ3n) is 4.38. The summed E-state index contributed by atoms with van der Waals surface area (Å²) in [4.78, 5) is 14.2. The molecule has 1 saturated heterocycles. The van der Waals surface area contributed by atoms with Crippen LogP contribution in [-0.2, 0) is 4.79 Å². The van der Waals surface area contributed by atoms with Crippen molar-refractivity contribution in [3.8, 4) is 5.75 Å². The quantitative estimate of drug-likeness (QED) is 0.876. The van der Waals surface area contributed by atoms with Crippen LogP contribution in [0.15, 0.2) is 42.6 Å². The van der Waals surface area contributed by atoms with Crippen LogP contribution in [0.4, 0.5) is 5.82 Å². The van der Waals surface area contributed by atoms with Crippen LogP contribution in [0.25, 0.3) is 0 Å². The number of hydrogen-bond acceptors (Lipinski definition) is 5. The van der Waals surface area contributed by atoms with Crippen molar-refractivity contribution in [2.45, 2.75) is 32.2 Å². The van der Waals surface area contributed by atoms with Crippen molar-refractivity contribution in [2.24, 2.45) is 0 Å². The summed E-state index contributed by atoms with van der Waals surface area (Å²) in [6, 6.07) is 12.0. The second-order valence-corrected chi connectivity index (χ2v) is 6.32. The normalized spacial score (nSPS) is 15.0. The van der Waals surface area contributed by atoms with E-state index in [4.69, 9.17) is 4.74 Å². The van der Waals surface area contributed by atoms with E-state index in [9.17, 15) is 4.79 Å². The minimum Gasteiger partial charge on any atom is -0.493 e. The average molecular weight is 340 g/mol. The molecule has 25 heavy (non-hydrogen) atoms. The number of ether oxygens (including phenoxy) is 1. The summed E-state index contributed by atoms with van der Waals surface area (Å²) in [5.74, 6) is 1.76. The Labute approximate surface area is 148 Å². The number of amides is 1. The zero-order valence-corrected chi connectivity index (χ0v) is 14.5. The van der Waals surface area contributed by atoms with Crippen LogP contribution in [0.1, 0.15) is 24.8 Å². The van der Waals surface area contributed by atoms with E-state index in [1.165, 1.54) is 5.56 Å². The van der Waals surface area contributed by atoms with Crippen molar-refractivity contribution in [3.63, 3.8) is 0 Å². The highest BCUT2D eigenvalue weighted by Gasteiger charge is 2.22. The van der Waals surface area contributed by atoms with Gasteiger partial charge in [0.2, 0.25) is 5.91 Å². The van der Waals surface area contributed by atoms with E-state index in [1.807, 2.05) is 48.2 Å². The van der Waals surface area contributed by atoms with Crippen LogP contribution in [0.2, 0.25) is 0 Å². The number of benzene rings is 1. The summed E-state index contributed by atoms with van der Waals surface area (Å²) in [5.41, 5.74) is 1.20. The van der Waals surface area contributed by atoms with Gasteiger partial charge in [-0.1, -0.05) is 17.7 Å². The molecule has 0 atom stereocenters. The Morgan fingerprint density at radius 3 is 2.68 bits per heavy atom. The molecule has 1 aliphatic rings. The molecule has 2 aromatic rings. The van der Waals surface area contributed by atoms with Crippen LogP contribution in [0.5, 0.6) is 5.75 Å². The number of carbonyl (C=O) groups excluding carboxylic acids is 1. The van der Waals surface area contributed by atoms with Gasteiger partial charge in [-0.25, -0.2) is 0 Å². The highest BCUT2D eigenvalue weighted by molar-refractivity contribution is 5.76. The molecule has 0 spiro atoms. The largest absolute Gasteiger partial charge is 0.493 e. The molecule has 2 heterocycles. The second-order valence-electron chi connectivity index (χ2n) is 6.32. The number of likely N-dealkylation sites (tertiary alicyclic amines) is 1. The van der Waals surface area contributed by atoms with E-state index in [-0.39, 0.29) is 5.91 Å². The molecule has 0 unspecified atom stereocenters. The zero-order chi connectivity index (χ0) is 17.5. The molecule has 6 heteroatoms. The molecule has 1 N–H and O–H groups in total. The minimum atomic E-state index is 0.157. The van der Waals surface area contributed by atoms with Gasteiger partial charge in [-0.3, -0.25) is 4.79 Å². The van der Waals surface area contributed by atoms with Gasteiger partial charge in [-0.05, 0) is 44.0 Å². The van der Waals surface area contributed by atoms with Crippen molar-refractivity contribution in [1.82, 2.24) is 15.1 Å². The molecule has 6 nitrogen and oxygen atoms in total. The van der Waals surface area contributed by atoms with Crippen LogP contribution in [-0.4, -0.2) is 46.7 Å². The summed E-state index contributed by atoms with van der Waals surface area (Å²) >= 11 is 0. The first-order chi connectivity index (χ1) is 12.2. The predicted octanol–water partition coefficient (Wildman–Crippen LogP) is 2.66. The molecule has 0 saturated carbocycles. The number of piperidine rings is 1. The van der Waals surface area contributed by atoms with E-state index < -0.39 is 0 Å². The van der Waals surface area contributed by atoms with Gasteiger partial charge in [0.25, 0.3) is 0 Å². The number of hydrogen-bond donors (Lipinski definition) is 1. The molecule has 3 rings (SSSR count). The zero-order valence-electron chi connectivity index (χ0n) is 14.5. The highest BCUT2D eigenvalue weighted by Crippen LogP contribution is 2.16. The molecule has 1 amide bonds. The third-order valence-corrected chi connectivity index (χ3v) is 4.38. The van der Waals surface area contributed by atoms with Gasteiger partial charge < -0.3 is 15.0 Å². The molecule has 1 aromatic carbocycles. The fourth-order valence-corrected chi connectivity index (χ4v) is 2.91. The second kappa shape index (κ2) is 8.46. The fraction of sp³-hybridized carbons (Fsp3) is 0.421. The maximum Gasteiger partial charge on any atom is 0.225 e. The summed E-state index contributed by atoms with van der Waals surface area (Å²) in [5, 5.41) is 11.3. The van der Waals surface area contributed by atoms with Crippen molar-refractivity contribution < 1.29 is 9.53 Å². The number of aryl methyl sites for hydroxylation is 1. The lowest BCUT2D eigenvalue weighted by Gasteiger charge is -2.32. The number of anilines is 1. The maximum atomic E-state index is 12.3. The Morgan fingerprint density at radius 1 is 1.24 bits per heavy atom. The Bertz CT molecular complexity index is 668. The van der Waals surface area contributed by atoms with Crippen molar-refractivity contribution in [2.75, 3.05) is 25.0 Å².